The number of halogens is 1. The Hall–Kier alpha value is -2.39. The summed E-state index contributed by atoms with van der Waals surface area (Å²) in [5.74, 6) is 0.658. The maximum Gasteiger partial charge on any atom is 0.235 e. The third kappa shape index (κ3) is 3.74. The number of hydrogen-bond acceptors (Lipinski definition) is 6. The zero-order valence-electron chi connectivity index (χ0n) is 13.0. The minimum atomic E-state index is -0.159. The highest BCUT2D eigenvalue weighted by Gasteiger charge is 2.12. The molecule has 0 spiro atoms. The van der Waals surface area contributed by atoms with Gasteiger partial charge in [0.2, 0.25) is 11.1 Å². The molecule has 8 nitrogen and oxygen atoms in total. The predicted octanol–water partition coefficient (Wildman–Crippen LogP) is 1.99. The van der Waals surface area contributed by atoms with Gasteiger partial charge in [0.15, 0.2) is 0 Å². The van der Waals surface area contributed by atoms with E-state index < -0.39 is 0 Å². The minimum absolute atomic E-state index is 0.159. The topological polar surface area (TPSA) is 90.5 Å². The maximum absolute atomic E-state index is 12.1. The van der Waals surface area contributed by atoms with Crippen molar-refractivity contribution in [1.82, 2.24) is 30.0 Å². The molecule has 2 heterocycles. The number of benzene rings is 1. The molecule has 10 heteroatoms. The van der Waals surface area contributed by atoms with Crippen LogP contribution in [0.2, 0.25) is 5.02 Å². The van der Waals surface area contributed by atoms with Gasteiger partial charge in [-0.15, -0.1) is 5.10 Å². The Bertz CT molecular complexity index is 858. The molecule has 1 amide bonds. The first-order valence-corrected chi connectivity index (χ1v) is 8.34. The highest BCUT2D eigenvalue weighted by Crippen LogP contribution is 2.23. The SMILES string of the molecule is Cn1nc(-c2ccc(Cl)cc2)cc1NC(=O)CSc1nnnn1C. The molecule has 0 aliphatic heterocycles. The molecule has 0 bridgehead atoms. The summed E-state index contributed by atoms with van der Waals surface area (Å²) in [7, 11) is 3.49. The predicted molar refractivity (Wildman–Crippen MR) is 91.8 cm³/mol. The molecule has 1 aromatic carbocycles. The molecule has 2 aromatic heterocycles. The van der Waals surface area contributed by atoms with Gasteiger partial charge in [0.05, 0.1) is 11.4 Å². The Kier molecular flexibility index (Phi) is 4.81. The van der Waals surface area contributed by atoms with Crippen molar-refractivity contribution in [2.75, 3.05) is 11.1 Å². The molecule has 0 aliphatic carbocycles. The monoisotopic (exact) mass is 363 g/mol. The maximum atomic E-state index is 12.1. The van der Waals surface area contributed by atoms with Gasteiger partial charge >= 0.3 is 0 Å². The van der Waals surface area contributed by atoms with Crippen LogP contribution in [0.4, 0.5) is 5.82 Å². The van der Waals surface area contributed by atoms with Crippen molar-refractivity contribution >= 4 is 35.1 Å². The third-order valence-corrected chi connectivity index (χ3v) is 4.46. The molecule has 24 heavy (non-hydrogen) atoms. The van der Waals surface area contributed by atoms with Crippen LogP contribution < -0.4 is 5.32 Å². The van der Waals surface area contributed by atoms with E-state index in [9.17, 15) is 4.79 Å². The van der Waals surface area contributed by atoms with E-state index in [4.69, 9.17) is 11.6 Å². The average molecular weight is 364 g/mol. The Morgan fingerprint density at radius 2 is 2.00 bits per heavy atom. The quantitative estimate of drug-likeness (QED) is 0.697. The number of thioether (sulfide) groups is 1. The fourth-order valence-corrected chi connectivity index (χ4v) is 2.77. The fourth-order valence-electron chi connectivity index (χ4n) is 2.00. The number of nitrogens with one attached hydrogen (secondary N) is 1. The standard InChI is InChI=1S/C14H14ClN7OS/c1-21-12(7-11(18-21)9-3-5-10(15)6-4-9)16-13(23)8-24-14-17-19-20-22(14)2/h3-7H,8H2,1-2H3,(H,16,23). The van der Waals surface area contributed by atoms with E-state index in [2.05, 4.69) is 25.9 Å². The average Bonchev–Trinajstić information content (AvgIpc) is 3.12. The van der Waals surface area contributed by atoms with E-state index in [-0.39, 0.29) is 11.7 Å². The number of aromatic nitrogens is 6. The molecule has 124 valence electrons. The van der Waals surface area contributed by atoms with Crippen LogP contribution in [-0.2, 0) is 18.9 Å². The van der Waals surface area contributed by atoms with Crippen LogP contribution in [0.25, 0.3) is 11.3 Å². The van der Waals surface area contributed by atoms with Crippen molar-refractivity contribution in [3.63, 3.8) is 0 Å². The Morgan fingerprint density at radius 3 is 2.67 bits per heavy atom. The van der Waals surface area contributed by atoms with Gasteiger partial charge in [0.1, 0.15) is 5.82 Å². The summed E-state index contributed by atoms with van der Waals surface area (Å²) in [6.45, 7) is 0. The summed E-state index contributed by atoms with van der Waals surface area (Å²) in [6, 6.07) is 9.18. The lowest BCUT2D eigenvalue weighted by Crippen LogP contribution is -2.16. The van der Waals surface area contributed by atoms with E-state index in [0.29, 0.717) is 16.0 Å². The molecule has 3 aromatic rings. The largest absolute Gasteiger partial charge is 0.310 e. The van der Waals surface area contributed by atoms with Gasteiger partial charge in [0, 0.05) is 30.7 Å². The molecule has 0 fully saturated rings. The van der Waals surface area contributed by atoms with Gasteiger partial charge in [-0.1, -0.05) is 35.5 Å². The van der Waals surface area contributed by atoms with E-state index >= 15 is 0 Å². The Morgan fingerprint density at radius 1 is 1.25 bits per heavy atom. The van der Waals surface area contributed by atoms with Gasteiger partial charge < -0.3 is 5.32 Å². The lowest BCUT2D eigenvalue weighted by molar-refractivity contribution is -0.113. The molecule has 0 radical (unpaired) electrons. The smallest absolute Gasteiger partial charge is 0.235 e. The number of carbonyl (C=O) groups excluding carboxylic acids is 1. The van der Waals surface area contributed by atoms with Gasteiger partial charge in [-0.05, 0) is 22.6 Å². The summed E-state index contributed by atoms with van der Waals surface area (Å²) in [6.07, 6.45) is 0. The van der Waals surface area contributed by atoms with Gasteiger partial charge in [-0.25, -0.2) is 4.68 Å². The molecular formula is C14H14ClN7OS. The van der Waals surface area contributed by atoms with Crippen molar-refractivity contribution < 1.29 is 4.79 Å². The molecule has 3 rings (SSSR count). The van der Waals surface area contributed by atoms with Crippen molar-refractivity contribution in [1.29, 1.82) is 0 Å². The second kappa shape index (κ2) is 7.02. The van der Waals surface area contributed by atoms with E-state index in [1.165, 1.54) is 16.4 Å². The fraction of sp³-hybridized carbons (Fsp3) is 0.214. The molecule has 0 aliphatic rings. The highest BCUT2D eigenvalue weighted by molar-refractivity contribution is 7.99. The molecule has 1 N–H and O–H groups in total. The van der Waals surface area contributed by atoms with Crippen LogP contribution in [0.5, 0.6) is 0 Å². The minimum Gasteiger partial charge on any atom is -0.310 e. The number of hydrogen-bond donors (Lipinski definition) is 1. The molecule has 0 saturated heterocycles. The molecule has 0 saturated carbocycles. The molecular weight excluding hydrogens is 350 g/mol. The lowest BCUT2D eigenvalue weighted by atomic mass is 10.1. The Balaban J connectivity index is 1.66. The first-order valence-electron chi connectivity index (χ1n) is 6.98. The summed E-state index contributed by atoms with van der Waals surface area (Å²) in [5, 5.41) is 19.5. The number of nitrogens with zero attached hydrogens (tertiary/aromatic N) is 6. The summed E-state index contributed by atoms with van der Waals surface area (Å²) in [4.78, 5) is 12.1. The van der Waals surface area contributed by atoms with Gasteiger partial charge in [-0.2, -0.15) is 5.10 Å². The van der Waals surface area contributed by atoms with Crippen molar-refractivity contribution in [2.45, 2.75) is 5.16 Å². The molecule has 0 atom stereocenters. The third-order valence-electron chi connectivity index (χ3n) is 3.20. The van der Waals surface area contributed by atoms with Crippen LogP contribution in [0, 0.1) is 0 Å². The van der Waals surface area contributed by atoms with Crippen LogP contribution >= 0.6 is 23.4 Å². The van der Waals surface area contributed by atoms with Crippen molar-refractivity contribution in [2.24, 2.45) is 14.1 Å². The normalized spacial score (nSPS) is 10.8. The van der Waals surface area contributed by atoms with Crippen molar-refractivity contribution in [3.8, 4) is 11.3 Å². The van der Waals surface area contributed by atoms with E-state index in [1.807, 2.05) is 18.2 Å². The first kappa shape index (κ1) is 16.5. The number of anilines is 1. The Labute approximate surface area is 147 Å². The summed E-state index contributed by atoms with van der Waals surface area (Å²) >= 11 is 7.15. The number of amides is 1. The second-order valence-electron chi connectivity index (χ2n) is 4.97. The van der Waals surface area contributed by atoms with E-state index in [0.717, 1.165) is 11.3 Å². The van der Waals surface area contributed by atoms with E-state index in [1.54, 1.807) is 30.9 Å². The first-order chi connectivity index (χ1) is 11.5. The van der Waals surface area contributed by atoms with Gasteiger partial charge in [-0.3, -0.25) is 9.48 Å². The summed E-state index contributed by atoms with van der Waals surface area (Å²) in [5.41, 5.74) is 1.68. The second-order valence-corrected chi connectivity index (χ2v) is 6.35. The number of rotatable bonds is 5. The van der Waals surface area contributed by atoms with Gasteiger partial charge in [0.25, 0.3) is 0 Å². The van der Waals surface area contributed by atoms with Crippen LogP contribution in [0.3, 0.4) is 0 Å². The zero-order chi connectivity index (χ0) is 17.1. The number of aryl methyl sites for hydroxylation is 2. The zero-order valence-corrected chi connectivity index (χ0v) is 14.5. The van der Waals surface area contributed by atoms with Crippen LogP contribution in [0.15, 0.2) is 35.5 Å². The number of carbonyl (C=O) groups is 1. The van der Waals surface area contributed by atoms with Crippen LogP contribution in [-0.4, -0.2) is 41.6 Å². The summed E-state index contributed by atoms with van der Waals surface area (Å²) < 4.78 is 3.14. The molecule has 0 unspecified atom stereocenters. The highest BCUT2D eigenvalue weighted by atomic mass is 35.5. The lowest BCUT2D eigenvalue weighted by Gasteiger charge is -2.04. The number of tetrazole rings is 1. The van der Waals surface area contributed by atoms with Crippen LogP contribution in [0.1, 0.15) is 0 Å². The van der Waals surface area contributed by atoms with Crippen molar-refractivity contribution in [3.05, 3.63) is 35.4 Å².